The molecule has 0 saturated heterocycles. The molecule has 1 aromatic rings. The van der Waals surface area contributed by atoms with Crippen molar-refractivity contribution in [3.05, 3.63) is 23.8 Å². The van der Waals surface area contributed by atoms with E-state index in [1.165, 1.54) is 6.26 Å². The van der Waals surface area contributed by atoms with Gasteiger partial charge in [0.15, 0.2) is 11.5 Å². The third-order valence-corrected chi connectivity index (χ3v) is 3.83. The Morgan fingerprint density at radius 2 is 1.78 bits per heavy atom. The van der Waals surface area contributed by atoms with Crippen LogP contribution in [0.2, 0.25) is 0 Å². The number of benzene rings is 1. The molecule has 0 radical (unpaired) electrons. The standard InChI is InChI=1S/C12H17NO4S/c1-16-10-5-4-9(8-11(10)17-2)12(6-7-12)13-18(3,14)15/h4-5,8,13H,6-7H2,1-3H3. The number of nitrogens with one attached hydrogen (secondary N) is 1. The predicted molar refractivity (Wildman–Crippen MR) is 68.4 cm³/mol. The molecule has 0 unspecified atom stereocenters. The molecule has 18 heavy (non-hydrogen) atoms. The Bertz CT molecular complexity index is 549. The van der Waals surface area contributed by atoms with Gasteiger partial charge in [-0.1, -0.05) is 6.07 Å². The van der Waals surface area contributed by atoms with Crippen LogP contribution in [0.15, 0.2) is 18.2 Å². The van der Waals surface area contributed by atoms with Gasteiger partial charge in [-0.15, -0.1) is 0 Å². The van der Waals surface area contributed by atoms with Gasteiger partial charge in [0.1, 0.15) is 0 Å². The molecule has 100 valence electrons. The van der Waals surface area contributed by atoms with Gasteiger partial charge < -0.3 is 9.47 Å². The van der Waals surface area contributed by atoms with Gasteiger partial charge in [0.05, 0.1) is 26.0 Å². The van der Waals surface area contributed by atoms with Crippen molar-refractivity contribution >= 4 is 10.0 Å². The minimum Gasteiger partial charge on any atom is -0.493 e. The van der Waals surface area contributed by atoms with Gasteiger partial charge in [0.2, 0.25) is 10.0 Å². The van der Waals surface area contributed by atoms with Crippen LogP contribution in [0.5, 0.6) is 11.5 Å². The van der Waals surface area contributed by atoms with E-state index in [9.17, 15) is 8.42 Å². The molecule has 1 aliphatic rings. The van der Waals surface area contributed by atoms with Gasteiger partial charge in [-0.2, -0.15) is 0 Å². The van der Waals surface area contributed by atoms with E-state index >= 15 is 0 Å². The van der Waals surface area contributed by atoms with E-state index in [0.29, 0.717) is 11.5 Å². The van der Waals surface area contributed by atoms with Crippen LogP contribution in [0.25, 0.3) is 0 Å². The first-order valence-electron chi connectivity index (χ1n) is 5.62. The van der Waals surface area contributed by atoms with Crippen molar-refractivity contribution in [2.45, 2.75) is 18.4 Å². The quantitative estimate of drug-likeness (QED) is 0.875. The monoisotopic (exact) mass is 271 g/mol. The summed E-state index contributed by atoms with van der Waals surface area (Å²) in [6, 6.07) is 5.48. The van der Waals surface area contributed by atoms with Crippen LogP contribution in [0, 0.1) is 0 Å². The largest absolute Gasteiger partial charge is 0.493 e. The SMILES string of the molecule is COc1ccc(C2(NS(C)(=O)=O)CC2)cc1OC. The average molecular weight is 271 g/mol. The molecule has 0 amide bonds. The van der Waals surface area contributed by atoms with Gasteiger partial charge in [-0.05, 0) is 30.5 Å². The molecule has 0 bridgehead atoms. The van der Waals surface area contributed by atoms with Gasteiger partial charge in [0.25, 0.3) is 0 Å². The van der Waals surface area contributed by atoms with Crippen LogP contribution in [0.3, 0.4) is 0 Å². The minimum absolute atomic E-state index is 0.465. The average Bonchev–Trinajstić information content (AvgIpc) is 3.06. The normalized spacial score (nSPS) is 17.3. The van der Waals surface area contributed by atoms with Crippen LogP contribution in [0.4, 0.5) is 0 Å². The van der Waals surface area contributed by atoms with Gasteiger partial charge in [-0.25, -0.2) is 13.1 Å². The second-order valence-corrected chi connectivity index (χ2v) is 6.27. The Labute approximate surface area is 107 Å². The molecule has 1 N–H and O–H groups in total. The summed E-state index contributed by atoms with van der Waals surface area (Å²) >= 11 is 0. The third-order valence-electron chi connectivity index (χ3n) is 3.07. The zero-order valence-corrected chi connectivity index (χ0v) is 11.5. The second-order valence-electron chi connectivity index (χ2n) is 4.53. The summed E-state index contributed by atoms with van der Waals surface area (Å²) in [5.74, 6) is 1.24. The predicted octanol–water partition coefficient (Wildman–Crippen LogP) is 1.24. The molecule has 0 atom stereocenters. The smallest absolute Gasteiger partial charge is 0.209 e. The van der Waals surface area contributed by atoms with Crippen molar-refractivity contribution in [2.75, 3.05) is 20.5 Å². The Hall–Kier alpha value is -1.27. The van der Waals surface area contributed by atoms with Crippen LogP contribution in [-0.4, -0.2) is 28.9 Å². The lowest BCUT2D eigenvalue weighted by atomic mass is 10.1. The first-order valence-corrected chi connectivity index (χ1v) is 7.51. The highest BCUT2D eigenvalue weighted by atomic mass is 32.2. The number of methoxy groups -OCH3 is 2. The van der Waals surface area contributed by atoms with Gasteiger partial charge >= 0.3 is 0 Å². The highest BCUT2D eigenvalue weighted by Crippen LogP contribution is 2.47. The van der Waals surface area contributed by atoms with E-state index in [0.717, 1.165) is 18.4 Å². The van der Waals surface area contributed by atoms with Crippen LogP contribution in [-0.2, 0) is 15.6 Å². The van der Waals surface area contributed by atoms with E-state index in [2.05, 4.69) is 4.72 Å². The van der Waals surface area contributed by atoms with Gasteiger partial charge in [-0.3, -0.25) is 0 Å². The lowest BCUT2D eigenvalue weighted by Crippen LogP contribution is -2.33. The zero-order chi connectivity index (χ0) is 13.4. The minimum atomic E-state index is -3.22. The number of hydrogen-bond acceptors (Lipinski definition) is 4. The van der Waals surface area contributed by atoms with E-state index < -0.39 is 15.6 Å². The third kappa shape index (κ3) is 2.59. The Kier molecular flexibility index (Phi) is 3.25. The van der Waals surface area contributed by atoms with Gasteiger partial charge in [0, 0.05) is 0 Å². The van der Waals surface area contributed by atoms with Crippen molar-refractivity contribution < 1.29 is 17.9 Å². The van der Waals surface area contributed by atoms with Crippen molar-refractivity contribution in [3.8, 4) is 11.5 Å². The first-order chi connectivity index (χ1) is 8.40. The topological polar surface area (TPSA) is 64.6 Å². The Balaban J connectivity index is 2.34. The highest BCUT2D eigenvalue weighted by Gasteiger charge is 2.46. The molecular weight excluding hydrogens is 254 g/mol. The summed E-state index contributed by atoms with van der Waals surface area (Å²) in [5.41, 5.74) is 0.443. The molecule has 6 heteroatoms. The van der Waals surface area contributed by atoms with Crippen molar-refractivity contribution in [1.82, 2.24) is 4.72 Å². The number of sulfonamides is 1. The van der Waals surface area contributed by atoms with Crippen LogP contribution in [0.1, 0.15) is 18.4 Å². The number of ether oxygens (including phenoxy) is 2. The summed E-state index contributed by atoms with van der Waals surface area (Å²) in [6.45, 7) is 0. The Morgan fingerprint density at radius 1 is 1.17 bits per heavy atom. The molecule has 0 aliphatic heterocycles. The highest BCUT2D eigenvalue weighted by molar-refractivity contribution is 7.88. The summed E-state index contributed by atoms with van der Waals surface area (Å²) in [6.07, 6.45) is 2.78. The van der Waals surface area contributed by atoms with Crippen LogP contribution >= 0.6 is 0 Å². The first kappa shape index (κ1) is 13.2. The number of hydrogen-bond donors (Lipinski definition) is 1. The lowest BCUT2D eigenvalue weighted by Gasteiger charge is -2.18. The molecule has 1 fully saturated rings. The zero-order valence-electron chi connectivity index (χ0n) is 10.7. The molecule has 1 aromatic carbocycles. The molecule has 0 aromatic heterocycles. The fourth-order valence-corrected chi connectivity index (χ4v) is 3.10. The fourth-order valence-electron chi connectivity index (χ4n) is 2.06. The maximum atomic E-state index is 11.4. The lowest BCUT2D eigenvalue weighted by molar-refractivity contribution is 0.354. The molecule has 2 rings (SSSR count). The summed E-state index contributed by atoms with van der Waals surface area (Å²) in [7, 11) is -0.0954. The number of rotatable bonds is 5. The molecular formula is C12H17NO4S. The molecule has 0 spiro atoms. The molecule has 0 heterocycles. The summed E-state index contributed by atoms with van der Waals surface area (Å²) in [5, 5.41) is 0. The second kappa shape index (κ2) is 4.44. The molecule has 1 aliphatic carbocycles. The molecule has 1 saturated carbocycles. The summed E-state index contributed by atoms with van der Waals surface area (Å²) in [4.78, 5) is 0. The van der Waals surface area contributed by atoms with E-state index in [1.807, 2.05) is 12.1 Å². The van der Waals surface area contributed by atoms with Crippen molar-refractivity contribution in [3.63, 3.8) is 0 Å². The maximum Gasteiger partial charge on any atom is 0.209 e. The Morgan fingerprint density at radius 3 is 2.22 bits per heavy atom. The van der Waals surface area contributed by atoms with Crippen molar-refractivity contribution in [2.24, 2.45) is 0 Å². The van der Waals surface area contributed by atoms with E-state index in [4.69, 9.17) is 9.47 Å². The molecule has 5 nitrogen and oxygen atoms in total. The van der Waals surface area contributed by atoms with E-state index in [1.54, 1.807) is 20.3 Å². The van der Waals surface area contributed by atoms with Crippen molar-refractivity contribution in [1.29, 1.82) is 0 Å². The van der Waals surface area contributed by atoms with E-state index in [-0.39, 0.29) is 0 Å². The summed E-state index contributed by atoms with van der Waals surface area (Å²) < 4.78 is 35.8. The van der Waals surface area contributed by atoms with Crippen LogP contribution < -0.4 is 14.2 Å². The fraction of sp³-hybridized carbons (Fsp3) is 0.500. The maximum absolute atomic E-state index is 11.4.